The van der Waals surface area contributed by atoms with Crippen LogP contribution in [0.15, 0.2) is 27.9 Å². The van der Waals surface area contributed by atoms with E-state index in [1.54, 1.807) is 13.8 Å². The summed E-state index contributed by atoms with van der Waals surface area (Å²) in [6.07, 6.45) is 3.75. The quantitative estimate of drug-likeness (QED) is 0.394. The van der Waals surface area contributed by atoms with Crippen molar-refractivity contribution in [3.05, 3.63) is 45.0 Å². The molecule has 6 nitrogen and oxygen atoms in total. The van der Waals surface area contributed by atoms with E-state index in [1.807, 2.05) is 0 Å². The van der Waals surface area contributed by atoms with Crippen LogP contribution in [0.2, 0.25) is 0 Å². The second-order valence-electron chi connectivity index (χ2n) is 5.33. The van der Waals surface area contributed by atoms with Crippen LogP contribution in [-0.4, -0.2) is 21.7 Å². The molecule has 1 aromatic heterocycles. The molecule has 23 heavy (non-hydrogen) atoms. The van der Waals surface area contributed by atoms with Gasteiger partial charge in [0.1, 0.15) is 0 Å². The van der Waals surface area contributed by atoms with Gasteiger partial charge in [-0.25, -0.2) is 9.59 Å². The average molecular weight is 326 g/mol. The molecule has 0 spiro atoms. The Morgan fingerprint density at radius 2 is 1.91 bits per heavy atom. The number of esters is 1. The minimum absolute atomic E-state index is 0.182. The fourth-order valence-corrected chi connectivity index (χ4v) is 2.06. The van der Waals surface area contributed by atoms with E-state index in [0.717, 1.165) is 23.6 Å². The number of halogens is 1. The van der Waals surface area contributed by atoms with E-state index in [1.165, 1.54) is 4.57 Å². The van der Waals surface area contributed by atoms with Gasteiger partial charge in [0.2, 0.25) is 5.82 Å². The van der Waals surface area contributed by atoms with Crippen LogP contribution < -0.4 is 11.2 Å². The lowest BCUT2D eigenvalue weighted by Crippen LogP contribution is -2.41. The van der Waals surface area contributed by atoms with Gasteiger partial charge in [-0.3, -0.25) is 13.9 Å². The van der Waals surface area contributed by atoms with E-state index in [0.29, 0.717) is 31.6 Å². The average Bonchev–Trinajstić information content (AvgIpc) is 2.52. The highest BCUT2D eigenvalue weighted by molar-refractivity contribution is 5.86. The molecule has 128 valence electrons. The molecule has 0 aliphatic carbocycles. The fourth-order valence-electron chi connectivity index (χ4n) is 2.06. The van der Waals surface area contributed by atoms with Crippen LogP contribution in [0.25, 0.3) is 0 Å². The third-order valence-corrected chi connectivity index (χ3v) is 3.39. The Labute approximate surface area is 134 Å². The summed E-state index contributed by atoms with van der Waals surface area (Å²) in [7, 11) is 0. The zero-order valence-electron chi connectivity index (χ0n) is 13.6. The van der Waals surface area contributed by atoms with Crippen molar-refractivity contribution >= 4 is 5.97 Å². The largest absolute Gasteiger partial charge is 0.462 e. The first-order valence-corrected chi connectivity index (χ1v) is 7.70. The summed E-state index contributed by atoms with van der Waals surface area (Å²) in [5, 5.41) is 0. The van der Waals surface area contributed by atoms with Crippen LogP contribution in [0.5, 0.6) is 0 Å². The zero-order chi connectivity index (χ0) is 17.4. The first-order valence-electron chi connectivity index (χ1n) is 7.70. The summed E-state index contributed by atoms with van der Waals surface area (Å²) in [6.45, 7) is 7.59. The van der Waals surface area contributed by atoms with E-state index in [-0.39, 0.29) is 6.54 Å². The molecule has 0 saturated carbocycles. The molecular weight excluding hydrogens is 303 g/mol. The Bertz CT molecular complexity index is 676. The van der Waals surface area contributed by atoms with E-state index >= 15 is 0 Å². The Morgan fingerprint density at radius 1 is 1.26 bits per heavy atom. The lowest BCUT2D eigenvalue weighted by atomic mass is 10.2. The molecule has 0 aromatic carbocycles. The van der Waals surface area contributed by atoms with Crippen molar-refractivity contribution in [1.82, 2.24) is 9.13 Å². The smallest absolute Gasteiger partial charge is 0.333 e. The molecule has 0 aliphatic rings. The number of unbranched alkanes of at least 4 members (excludes halogenated alkanes) is 3. The summed E-state index contributed by atoms with van der Waals surface area (Å²) in [6, 6.07) is 0. The van der Waals surface area contributed by atoms with Crippen LogP contribution in [0.3, 0.4) is 0 Å². The molecule has 0 aliphatic heterocycles. The van der Waals surface area contributed by atoms with Crippen molar-refractivity contribution in [3.63, 3.8) is 0 Å². The van der Waals surface area contributed by atoms with E-state index in [4.69, 9.17) is 4.74 Å². The Kier molecular flexibility index (Phi) is 7.44. The lowest BCUT2D eigenvalue weighted by molar-refractivity contribution is -0.139. The van der Waals surface area contributed by atoms with Gasteiger partial charge in [0.15, 0.2) is 0 Å². The zero-order valence-corrected chi connectivity index (χ0v) is 13.6. The molecule has 0 atom stereocenters. The number of aromatic nitrogens is 2. The van der Waals surface area contributed by atoms with Crippen molar-refractivity contribution in [2.24, 2.45) is 0 Å². The molecule has 0 bridgehead atoms. The first kappa shape index (κ1) is 18.9. The Balaban J connectivity index is 2.41. The SMILES string of the molecule is C=C(C)C(=O)OCCCCCCn1c(=O)c(F)cn(CC)c1=O. The summed E-state index contributed by atoms with van der Waals surface area (Å²) in [4.78, 5) is 34.8. The van der Waals surface area contributed by atoms with Gasteiger partial charge in [0.25, 0.3) is 5.56 Å². The van der Waals surface area contributed by atoms with E-state index in [9.17, 15) is 18.8 Å². The highest BCUT2D eigenvalue weighted by Gasteiger charge is 2.10. The van der Waals surface area contributed by atoms with Gasteiger partial charge in [0.05, 0.1) is 12.8 Å². The second-order valence-corrected chi connectivity index (χ2v) is 5.33. The third kappa shape index (κ3) is 5.50. The van der Waals surface area contributed by atoms with Gasteiger partial charge in [-0.15, -0.1) is 0 Å². The predicted octanol–water partition coefficient (Wildman–Crippen LogP) is 1.85. The van der Waals surface area contributed by atoms with Crippen LogP contribution in [0.4, 0.5) is 4.39 Å². The molecule has 1 heterocycles. The van der Waals surface area contributed by atoms with Crippen LogP contribution in [0, 0.1) is 5.82 Å². The molecule has 0 radical (unpaired) electrons. The Morgan fingerprint density at radius 3 is 2.52 bits per heavy atom. The normalized spacial score (nSPS) is 10.6. The van der Waals surface area contributed by atoms with Crippen LogP contribution in [0.1, 0.15) is 39.5 Å². The standard InChI is InChI=1S/C16H23FN2O4/c1-4-18-11-13(17)14(20)19(16(18)22)9-7-5-6-8-10-23-15(21)12(2)3/h11H,2,4-10H2,1,3H3. The number of rotatable bonds is 9. The highest BCUT2D eigenvalue weighted by atomic mass is 19.1. The minimum atomic E-state index is -0.918. The van der Waals surface area contributed by atoms with Crippen molar-refractivity contribution in [3.8, 4) is 0 Å². The van der Waals surface area contributed by atoms with Gasteiger partial charge >= 0.3 is 11.7 Å². The highest BCUT2D eigenvalue weighted by Crippen LogP contribution is 2.02. The number of carbonyl (C=O) groups excluding carboxylic acids is 1. The minimum Gasteiger partial charge on any atom is -0.462 e. The maximum absolute atomic E-state index is 13.5. The second kappa shape index (κ2) is 9.07. The van der Waals surface area contributed by atoms with Crippen LogP contribution in [-0.2, 0) is 22.6 Å². The molecule has 0 N–H and O–H groups in total. The van der Waals surface area contributed by atoms with Gasteiger partial charge in [-0.2, -0.15) is 4.39 Å². The molecular formula is C16H23FN2O4. The van der Waals surface area contributed by atoms with Crippen molar-refractivity contribution in [1.29, 1.82) is 0 Å². The van der Waals surface area contributed by atoms with Gasteiger partial charge in [-0.1, -0.05) is 13.0 Å². The van der Waals surface area contributed by atoms with E-state index < -0.39 is 23.0 Å². The Hall–Kier alpha value is -2.18. The number of hydrogen-bond donors (Lipinski definition) is 0. The summed E-state index contributed by atoms with van der Waals surface area (Å²) >= 11 is 0. The van der Waals surface area contributed by atoms with Gasteiger partial charge < -0.3 is 4.74 Å². The van der Waals surface area contributed by atoms with E-state index in [2.05, 4.69) is 6.58 Å². The third-order valence-electron chi connectivity index (χ3n) is 3.39. The summed E-state index contributed by atoms with van der Waals surface area (Å²) in [5.74, 6) is -1.32. The maximum atomic E-state index is 13.5. The maximum Gasteiger partial charge on any atom is 0.333 e. The molecule has 0 amide bonds. The number of hydrogen-bond acceptors (Lipinski definition) is 4. The molecule has 0 fully saturated rings. The number of nitrogens with zero attached hydrogens (tertiary/aromatic N) is 2. The van der Waals surface area contributed by atoms with Crippen molar-refractivity contribution in [2.75, 3.05) is 6.61 Å². The monoisotopic (exact) mass is 326 g/mol. The number of ether oxygens (including phenoxy) is 1. The van der Waals surface area contributed by atoms with Crippen LogP contribution >= 0.6 is 0 Å². The first-order chi connectivity index (χ1) is 10.9. The molecule has 1 rings (SSSR count). The topological polar surface area (TPSA) is 70.3 Å². The number of aryl methyl sites for hydroxylation is 1. The molecule has 0 unspecified atom stereocenters. The summed E-state index contributed by atoms with van der Waals surface area (Å²) < 4.78 is 20.5. The fraction of sp³-hybridized carbons (Fsp3) is 0.562. The molecule has 7 heteroatoms. The van der Waals surface area contributed by atoms with Crippen molar-refractivity contribution in [2.45, 2.75) is 52.6 Å². The van der Waals surface area contributed by atoms with Gasteiger partial charge in [-0.05, 0) is 33.1 Å². The molecule has 0 saturated heterocycles. The number of carbonyl (C=O) groups is 1. The summed E-state index contributed by atoms with van der Waals surface area (Å²) in [5.41, 5.74) is -1.01. The van der Waals surface area contributed by atoms with Crippen molar-refractivity contribution < 1.29 is 13.9 Å². The predicted molar refractivity (Wildman–Crippen MR) is 84.8 cm³/mol. The molecule has 1 aromatic rings. The lowest BCUT2D eigenvalue weighted by Gasteiger charge is -2.09. The van der Waals surface area contributed by atoms with Gasteiger partial charge in [0, 0.05) is 18.7 Å².